The number of amides is 3. The van der Waals surface area contributed by atoms with Gasteiger partial charge in [-0.25, -0.2) is 0 Å². The minimum atomic E-state index is -0.645. The molecule has 0 saturated carbocycles. The number of nitrogens with one attached hydrogen (secondary N) is 1. The number of primary amides is 2. The number of carbonyl (C=O) groups is 3. The molecule has 0 atom stereocenters. The normalized spacial score (nSPS) is 9.83. The molecule has 0 fully saturated rings. The maximum atomic E-state index is 12.1. The first kappa shape index (κ1) is 23.2. The molecule has 154 valence electrons. The highest BCUT2D eigenvalue weighted by Gasteiger charge is 2.13. The predicted molar refractivity (Wildman–Crippen MR) is 119 cm³/mol. The quantitative estimate of drug-likeness (QED) is 0.516. The van der Waals surface area contributed by atoms with E-state index in [2.05, 4.69) is 5.32 Å². The Morgan fingerprint density at radius 1 is 0.633 bits per heavy atom. The first-order valence-electron chi connectivity index (χ1n) is 8.39. The summed E-state index contributed by atoms with van der Waals surface area (Å²) in [6, 6.07) is 17.2. The maximum Gasteiger partial charge on any atom is 0.255 e. The third kappa shape index (κ3) is 6.77. The zero-order valence-electron chi connectivity index (χ0n) is 15.4. The van der Waals surface area contributed by atoms with Gasteiger partial charge in [0.15, 0.2) is 0 Å². The molecule has 0 aromatic heterocycles. The van der Waals surface area contributed by atoms with Crippen LogP contribution in [0.5, 0.6) is 0 Å². The van der Waals surface area contributed by atoms with Crippen molar-refractivity contribution in [1.29, 1.82) is 0 Å². The van der Waals surface area contributed by atoms with Gasteiger partial charge in [0.1, 0.15) is 0 Å². The number of rotatable bonds is 4. The van der Waals surface area contributed by atoms with Crippen LogP contribution >= 0.6 is 34.8 Å². The molecule has 5 N–H and O–H groups in total. The topological polar surface area (TPSA) is 115 Å². The van der Waals surface area contributed by atoms with Gasteiger partial charge in [-0.15, -0.1) is 0 Å². The van der Waals surface area contributed by atoms with Crippen LogP contribution in [0.1, 0.15) is 31.1 Å². The molecule has 0 unspecified atom stereocenters. The van der Waals surface area contributed by atoms with Gasteiger partial charge in [-0.05, 0) is 66.7 Å². The molecule has 0 spiro atoms. The lowest BCUT2D eigenvalue weighted by atomic mass is 10.1. The van der Waals surface area contributed by atoms with Crippen LogP contribution in [0.25, 0.3) is 0 Å². The maximum absolute atomic E-state index is 12.1. The number of benzene rings is 3. The van der Waals surface area contributed by atoms with E-state index in [4.69, 9.17) is 46.3 Å². The highest BCUT2D eigenvalue weighted by Crippen LogP contribution is 2.22. The predicted octanol–water partition coefficient (Wildman–Crippen LogP) is 4.78. The number of hydrogen-bond acceptors (Lipinski definition) is 3. The van der Waals surface area contributed by atoms with Crippen molar-refractivity contribution in [3.05, 3.63) is 98.5 Å². The Bertz CT molecular complexity index is 1070. The van der Waals surface area contributed by atoms with Gasteiger partial charge in [0, 0.05) is 26.2 Å². The Morgan fingerprint density at radius 3 is 1.57 bits per heavy atom. The molecule has 30 heavy (non-hydrogen) atoms. The molecular weight excluding hydrogens is 449 g/mol. The Balaban J connectivity index is 0.000000269. The van der Waals surface area contributed by atoms with Crippen molar-refractivity contribution >= 4 is 58.2 Å². The van der Waals surface area contributed by atoms with Gasteiger partial charge >= 0.3 is 0 Å². The molecule has 0 radical (unpaired) electrons. The first-order valence-corrected chi connectivity index (χ1v) is 9.52. The second kappa shape index (κ2) is 10.6. The number of nitrogens with two attached hydrogens (primary N) is 2. The smallest absolute Gasteiger partial charge is 0.255 e. The average molecular weight is 465 g/mol. The lowest BCUT2D eigenvalue weighted by Gasteiger charge is -2.09. The Labute approximate surface area is 187 Å². The van der Waals surface area contributed by atoms with Crippen LogP contribution in [0.2, 0.25) is 15.1 Å². The van der Waals surface area contributed by atoms with Crippen LogP contribution in [0.3, 0.4) is 0 Å². The zero-order chi connectivity index (χ0) is 22.3. The summed E-state index contributed by atoms with van der Waals surface area (Å²) in [7, 11) is 0. The Hall–Kier alpha value is -3.06. The van der Waals surface area contributed by atoms with Crippen molar-refractivity contribution in [2.75, 3.05) is 5.32 Å². The van der Waals surface area contributed by atoms with Crippen LogP contribution in [-0.2, 0) is 0 Å². The van der Waals surface area contributed by atoms with Crippen molar-refractivity contribution in [2.45, 2.75) is 0 Å². The Morgan fingerprint density at radius 2 is 1.10 bits per heavy atom. The van der Waals surface area contributed by atoms with E-state index in [1.165, 1.54) is 18.2 Å². The van der Waals surface area contributed by atoms with Crippen LogP contribution in [0.4, 0.5) is 5.69 Å². The van der Waals surface area contributed by atoms with Gasteiger partial charge < -0.3 is 16.8 Å². The van der Waals surface area contributed by atoms with Crippen LogP contribution in [0.15, 0.2) is 66.7 Å². The van der Waals surface area contributed by atoms with E-state index < -0.39 is 11.8 Å². The molecule has 0 saturated heterocycles. The van der Waals surface area contributed by atoms with Gasteiger partial charge in [0.2, 0.25) is 5.91 Å². The molecule has 9 heteroatoms. The van der Waals surface area contributed by atoms with E-state index in [-0.39, 0.29) is 17.2 Å². The van der Waals surface area contributed by atoms with Crippen molar-refractivity contribution in [2.24, 2.45) is 11.5 Å². The molecule has 0 bridgehead atoms. The lowest BCUT2D eigenvalue weighted by Crippen LogP contribution is -2.18. The van der Waals surface area contributed by atoms with E-state index in [9.17, 15) is 14.4 Å². The fourth-order valence-corrected chi connectivity index (χ4v) is 2.67. The van der Waals surface area contributed by atoms with E-state index in [1.54, 1.807) is 48.5 Å². The third-order valence-electron chi connectivity index (χ3n) is 3.73. The van der Waals surface area contributed by atoms with Crippen molar-refractivity contribution in [3.63, 3.8) is 0 Å². The summed E-state index contributed by atoms with van der Waals surface area (Å²) >= 11 is 17.2. The number of halogens is 3. The monoisotopic (exact) mass is 463 g/mol. The van der Waals surface area contributed by atoms with E-state index in [0.717, 1.165) is 0 Å². The standard InChI is InChI=1S/C14H10Cl2N2O2.C7H6ClNO/c15-9-3-1-8(2-4-9)14(20)18-12-7-10(16)5-6-11(12)13(17)19;8-6-3-1-5(2-4-6)7(9)10/h1-7H,(H2,17,19)(H,18,20);1-4H,(H2,9,10). The van der Waals surface area contributed by atoms with Crippen molar-refractivity contribution < 1.29 is 14.4 Å². The lowest BCUT2D eigenvalue weighted by molar-refractivity contribution is 0.0991. The number of carbonyl (C=O) groups excluding carboxylic acids is 3. The van der Waals surface area contributed by atoms with Gasteiger partial charge in [-0.1, -0.05) is 34.8 Å². The molecule has 3 rings (SSSR count). The van der Waals surface area contributed by atoms with Gasteiger partial charge in [0.05, 0.1) is 11.3 Å². The SMILES string of the molecule is NC(=O)c1ccc(Cl)cc1.NC(=O)c1ccc(Cl)cc1NC(=O)c1ccc(Cl)cc1. The van der Waals surface area contributed by atoms with Crippen LogP contribution < -0.4 is 16.8 Å². The third-order valence-corrected chi connectivity index (χ3v) is 4.47. The molecule has 0 aliphatic rings. The minimum absolute atomic E-state index is 0.191. The summed E-state index contributed by atoms with van der Waals surface area (Å²) in [5.41, 5.74) is 11.6. The summed E-state index contributed by atoms with van der Waals surface area (Å²) in [6.45, 7) is 0. The second-order valence-electron chi connectivity index (χ2n) is 5.89. The van der Waals surface area contributed by atoms with Crippen molar-refractivity contribution in [1.82, 2.24) is 0 Å². The molecule has 3 aromatic carbocycles. The number of anilines is 1. The van der Waals surface area contributed by atoms with Crippen molar-refractivity contribution in [3.8, 4) is 0 Å². The fraction of sp³-hybridized carbons (Fsp3) is 0. The molecule has 3 aromatic rings. The largest absolute Gasteiger partial charge is 0.366 e. The summed E-state index contributed by atoms with van der Waals surface area (Å²) in [5, 5.41) is 4.12. The molecule has 0 aliphatic heterocycles. The zero-order valence-corrected chi connectivity index (χ0v) is 17.6. The van der Waals surface area contributed by atoms with E-state index in [0.29, 0.717) is 26.2 Å². The van der Waals surface area contributed by atoms with Crippen LogP contribution in [-0.4, -0.2) is 17.7 Å². The van der Waals surface area contributed by atoms with Gasteiger partial charge in [-0.2, -0.15) is 0 Å². The highest BCUT2D eigenvalue weighted by atomic mass is 35.5. The molecule has 6 nitrogen and oxygen atoms in total. The first-order chi connectivity index (χ1) is 14.2. The van der Waals surface area contributed by atoms with Crippen LogP contribution in [0, 0.1) is 0 Å². The Kier molecular flexibility index (Phi) is 8.24. The molecule has 3 amide bonds. The van der Waals surface area contributed by atoms with Gasteiger partial charge in [0.25, 0.3) is 11.8 Å². The average Bonchev–Trinajstić information content (AvgIpc) is 2.69. The summed E-state index contributed by atoms with van der Waals surface area (Å²) in [6.07, 6.45) is 0. The van der Waals surface area contributed by atoms with E-state index >= 15 is 0 Å². The van der Waals surface area contributed by atoms with Gasteiger partial charge in [-0.3, -0.25) is 14.4 Å². The minimum Gasteiger partial charge on any atom is -0.366 e. The second-order valence-corrected chi connectivity index (χ2v) is 7.20. The highest BCUT2D eigenvalue weighted by molar-refractivity contribution is 6.31. The number of hydrogen-bond donors (Lipinski definition) is 3. The molecular formula is C21H16Cl3N3O3. The summed E-state index contributed by atoms with van der Waals surface area (Å²) in [5.74, 6) is -1.46. The fourth-order valence-electron chi connectivity index (χ4n) is 2.24. The molecule has 0 heterocycles. The summed E-state index contributed by atoms with van der Waals surface area (Å²) < 4.78 is 0. The molecule has 0 aliphatic carbocycles. The van der Waals surface area contributed by atoms with E-state index in [1.807, 2.05) is 0 Å². The summed E-state index contributed by atoms with van der Waals surface area (Å²) in [4.78, 5) is 33.9.